The quantitative estimate of drug-likeness (QED) is 0.628. The van der Waals surface area contributed by atoms with Crippen molar-refractivity contribution in [1.82, 2.24) is 14.8 Å². The lowest BCUT2D eigenvalue weighted by atomic mass is 10.1. The van der Waals surface area contributed by atoms with Crippen molar-refractivity contribution >= 4 is 15.9 Å². The molecule has 10 heteroatoms. The van der Waals surface area contributed by atoms with Gasteiger partial charge in [0, 0.05) is 19.0 Å². The average Bonchev–Trinajstić information content (AvgIpc) is 2.99. The first-order valence-corrected chi connectivity index (χ1v) is 8.67. The number of benzene rings is 2. The van der Waals surface area contributed by atoms with Gasteiger partial charge in [-0.15, -0.1) is 0 Å². The van der Waals surface area contributed by atoms with Crippen LogP contribution in [0.2, 0.25) is 0 Å². The molecule has 144 valence electrons. The van der Waals surface area contributed by atoms with Crippen molar-refractivity contribution in [2.45, 2.75) is 12.8 Å². The van der Waals surface area contributed by atoms with Crippen LogP contribution in [0, 0.1) is 17.1 Å². The van der Waals surface area contributed by atoms with Gasteiger partial charge in [-0.05, 0) is 45.8 Å². The van der Waals surface area contributed by atoms with E-state index in [1.165, 1.54) is 29.8 Å². The van der Waals surface area contributed by atoms with Gasteiger partial charge in [0.25, 0.3) is 6.43 Å². The number of aromatic amines is 1. The summed E-state index contributed by atoms with van der Waals surface area (Å²) in [7, 11) is 1.49. The SMILES string of the molecule is Cn1c(Cc2ccc(Br)c(Oc3cc(C#N)cc(C(F)F)c3)c2F)n[nH]c1=O. The summed E-state index contributed by atoms with van der Waals surface area (Å²) >= 11 is 3.17. The number of rotatable bonds is 5. The molecule has 3 aromatic rings. The number of hydrogen-bond donors (Lipinski definition) is 1. The highest BCUT2D eigenvalue weighted by atomic mass is 79.9. The first-order valence-electron chi connectivity index (χ1n) is 7.88. The molecule has 6 nitrogen and oxygen atoms in total. The summed E-state index contributed by atoms with van der Waals surface area (Å²) in [5.74, 6) is -0.763. The Labute approximate surface area is 165 Å². The van der Waals surface area contributed by atoms with E-state index in [2.05, 4.69) is 26.1 Å². The second-order valence-corrected chi connectivity index (χ2v) is 6.69. The van der Waals surface area contributed by atoms with Gasteiger partial charge >= 0.3 is 5.69 Å². The fraction of sp³-hybridized carbons (Fsp3) is 0.167. The minimum atomic E-state index is -2.81. The molecule has 3 rings (SSSR count). The minimum Gasteiger partial charge on any atom is -0.453 e. The number of nitriles is 1. The standard InChI is InChI=1S/C18H12BrF3N4O2/c1-26-14(24-25-18(26)27)7-10-2-3-13(19)16(15(10)20)28-12-5-9(8-23)4-11(6-12)17(21)22/h2-6,17H,7H2,1H3,(H,25,27). The minimum absolute atomic E-state index is 0.00519. The molecule has 0 amide bonds. The summed E-state index contributed by atoms with van der Waals surface area (Å²) in [6, 6.07) is 8.10. The van der Waals surface area contributed by atoms with Gasteiger partial charge in [-0.1, -0.05) is 6.07 Å². The Balaban J connectivity index is 1.99. The monoisotopic (exact) mass is 452 g/mol. The van der Waals surface area contributed by atoms with Gasteiger partial charge in [0.15, 0.2) is 11.6 Å². The third-order valence-electron chi connectivity index (χ3n) is 3.98. The van der Waals surface area contributed by atoms with Crippen LogP contribution in [0.15, 0.2) is 39.6 Å². The fourth-order valence-electron chi connectivity index (χ4n) is 2.50. The lowest BCUT2D eigenvalue weighted by molar-refractivity contribution is 0.151. The summed E-state index contributed by atoms with van der Waals surface area (Å²) in [6.45, 7) is 0. The molecule has 1 N–H and O–H groups in total. The van der Waals surface area contributed by atoms with Crippen LogP contribution in [0.1, 0.15) is 28.9 Å². The highest BCUT2D eigenvalue weighted by molar-refractivity contribution is 9.10. The second-order valence-electron chi connectivity index (χ2n) is 5.84. The summed E-state index contributed by atoms with van der Waals surface area (Å²) in [5.41, 5.74) is -0.692. The lowest BCUT2D eigenvalue weighted by Crippen LogP contribution is -2.15. The molecule has 0 bridgehead atoms. The molecule has 0 fully saturated rings. The zero-order chi connectivity index (χ0) is 20.4. The molecule has 0 radical (unpaired) electrons. The molecule has 1 aromatic heterocycles. The molecule has 0 saturated carbocycles. The van der Waals surface area contributed by atoms with Crippen LogP contribution in [0.25, 0.3) is 0 Å². The predicted octanol–water partition coefficient (Wildman–Crippen LogP) is 4.20. The van der Waals surface area contributed by atoms with Crippen LogP contribution in [0.4, 0.5) is 13.2 Å². The van der Waals surface area contributed by atoms with Gasteiger partial charge in [-0.3, -0.25) is 4.57 Å². The Morgan fingerprint density at radius 1 is 1.36 bits per heavy atom. The summed E-state index contributed by atoms with van der Waals surface area (Å²) in [4.78, 5) is 11.5. The topological polar surface area (TPSA) is 83.7 Å². The Morgan fingerprint density at radius 3 is 2.71 bits per heavy atom. The van der Waals surface area contributed by atoms with E-state index >= 15 is 0 Å². The molecule has 0 aliphatic heterocycles. The normalized spacial score (nSPS) is 10.9. The number of alkyl halides is 2. The van der Waals surface area contributed by atoms with Crippen molar-refractivity contribution in [2.75, 3.05) is 0 Å². The van der Waals surface area contributed by atoms with Crippen molar-refractivity contribution < 1.29 is 17.9 Å². The number of ether oxygens (including phenoxy) is 1. The van der Waals surface area contributed by atoms with E-state index in [1.54, 1.807) is 6.07 Å². The molecule has 0 spiro atoms. The van der Waals surface area contributed by atoms with Gasteiger partial charge in [-0.25, -0.2) is 23.1 Å². The molecule has 2 aromatic carbocycles. The summed E-state index contributed by atoms with van der Waals surface area (Å²) in [6.07, 6.45) is -2.80. The highest BCUT2D eigenvalue weighted by Gasteiger charge is 2.18. The fourth-order valence-corrected chi connectivity index (χ4v) is 2.89. The molecule has 28 heavy (non-hydrogen) atoms. The largest absolute Gasteiger partial charge is 0.453 e. The van der Waals surface area contributed by atoms with Gasteiger partial charge in [0.1, 0.15) is 11.6 Å². The number of H-pyrrole nitrogens is 1. The molecular weight excluding hydrogens is 441 g/mol. The van der Waals surface area contributed by atoms with Crippen molar-refractivity contribution in [3.8, 4) is 17.6 Å². The molecular formula is C18H12BrF3N4O2. The maximum Gasteiger partial charge on any atom is 0.343 e. The molecule has 0 saturated heterocycles. The molecule has 0 aliphatic carbocycles. The number of halogens is 4. The van der Waals surface area contributed by atoms with Crippen LogP contribution < -0.4 is 10.4 Å². The van der Waals surface area contributed by atoms with Gasteiger partial charge in [0.2, 0.25) is 0 Å². The van der Waals surface area contributed by atoms with Crippen LogP contribution in [-0.4, -0.2) is 14.8 Å². The van der Waals surface area contributed by atoms with E-state index in [0.29, 0.717) is 5.82 Å². The maximum absolute atomic E-state index is 15.0. The lowest BCUT2D eigenvalue weighted by Gasteiger charge is -2.13. The third-order valence-corrected chi connectivity index (χ3v) is 4.60. The van der Waals surface area contributed by atoms with Crippen LogP contribution in [0.5, 0.6) is 11.5 Å². The Hall–Kier alpha value is -3.06. The smallest absolute Gasteiger partial charge is 0.343 e. The molecule has 0 unspecified atom stereocenters. The van der Waals surface area contributed by atoms with Crippen molar-refractivity contribution in [3.05, 3.63) is 73.6 Å². The first kappa shape index (κ1) is 19.7. The summed E-state index contributed by atoms with van der Waals surface area (Å²) in [5, 5.41) is 15.1. The molecule has 0 atom stereocenters. The van der Waals surface area contributed by atoms with E-state index in [-0.39, 0.29) is 33.5 Å². The zero-order valence-electron chi connectivity index (χ0n) is 14.3. The van der Waals surface area contributed by atoms with E-state index in [0.717, 1.165) is 12.1 Å². The average molecular weight is 453 g/mol. The predicted molar refractivity (Wildman–Crippen MR) is 96.9 cm³/mol. The van der Waals surface area contributed by atoms with Crippen LogP contribution in [0.3, 0.4) is 0 Å². The number of hydrogen-bond acceptors (Lipinski definition) is 4. The van der Waals surface area contributed by atoms with Gasteiger partial charge < -0.3 is 4.74 Å². The van der Waals surface area contributed by atoms with Gasteiger partial charge in [-0.2, -0.15) is 10.4 Å². The van der Waals surface area contributed by atoms with E-state index in [9.17, 15) is 18.0 Å². The number of aromatic nitrogens is 3. The molecule has 1 heterocycles. The Bertz CT molecular complexity index is 1130. The molecule has 0 aliphatic rings. The Morgan fingerprint density at radius 2 is 2.11 bits per heavy atom. The van der Waals surface area contributed by atoms with Crippen LogP contribution >= 0.6 is 15.9 Å². The maximum atomic E-state index is 15.0. The summed E-state index contributed by atoms with van der Waals surface area (Å²) < 4.78 is 48.0. The Kier molecular flexibility index (Phi) is 5.56. The number of nitrogens with one attached hydrogen (secondary N) is 1. The zero-order valence-corrected chi connectivity index (χ0v) is 15.9. The van der Waals surface area contributed by atoms with Crippen molar-refractivity contribution in [2.24, 2.45) is 7.05 Å². The van der Waals surface area contributed by atoms with E-state index in [4.69, 9.17) is 10.00 Å². The van der Waals surface area contributed by atoms with Gasteiger partial charge in [0.05, 0.1) is 16.1 Å². The van der Waals surface area contributed by atoms with Crippen molar-refractivity contribution in [3.63, 3.8) is 0 Å². The first-order chi connectivity index (χ1) is 13.3. The second kappa shape index (κ2) is 7.90. The third kappa shape index (κ3) is 3.94. The van der Waals surface area contributed by atoms with E-state index < -0.39 is 23.5 Å². The highest BCUT2D eigenvalue weighted by Crippen LogP contribution is 2.36. The van der Waals surface area contributed by atoms with E-state index in [1.807, 2.05) is 0 Å². The van der Waals surface area contributed by atoms with Crippen LogP contribution in [-0.2, 0) is 13.5 Å². The number of nitrogens with zero attached hydrogens (tertiary/aromatic N) is 3. The van der Waals surface area contributed by atoms with Crippen molar-refractivity contribution in [1.29, 1.82) is 5.26 Å².